The predicted molar refractivity (Wildman–Crippen MR) is 110 cm³/mol. The van der Waals surface area contributed by atoms with Gasteiger partial charge >= 0.3 is 4.87 Å². The zero-order valence-corrected chi connectivity index (χ0v) is 16.9. The molecule has 1 aromatic heterocycles. The number of benzene rings is 2. The number of rotatable bonds is 2. The third kappa shape index (κ3) is 2.86. The fraction of sp³-hybridized carbons (Fsp3) is 0.190. The number of carbonyl (C=O) groups excluding carboxylic acids is 2. The van der Waals surface area contributed by atoms with Gasteiger partial charge in [0.25, 0.3) is 0 Å². The molecule has 0 bridgehead atoms. The lowest BCUT2D eigenvalue weighted by Crippen LogP contribution is -2.32. The number of aromatic amines is 1. The van der Waals surface area contributed by atoms with Gasteiger partial charge in [-0.2, -0.15) is 0 Å². The van der Waals surface area contributed by atoms with Crippen LogP contribution in [0.3, 0.4) is 0 Å². The minimum absolute atomic E-state index is 0.232. The summed E-state index contributed by atoms with van der Waals surface area (Å²) in [7, 11) is 0. The van der Waals surface area contributed by atoms with Crippen LogP contribution in [-0.2, 0) is 9.59 Å². The van der Waals surface area contributed by atoms with Crippen molar-refractivity contribution < 1.29 is 14.0 Å². The Morgan fingerprint density at radius 2 is 1.66 bits per heavy atom. The van der Waals surface area contributed by atoms with Gasteiger partial charge < -0.3 is 4.98 Å². The Morgan fingerprint density at radius 1 is 0.966 bits per heavy atom. The number of nitrogens with zero attached hydrogens (tertiary/aromatic N) is 1. The molecule has 2 aliphatic rings. The normalized spacial score (nSPS) is 23.2. The molecule has 2 aromatic carbocycles. The standard InChI is InChI=1S/C21H15FN2O3S2/c1-10-2-8-13(9-3-10)24-19(25)15-14(11-4-6-12(22)7-5-11)16-18(23-21(27)29-16)28-17(15)20(24)26/h2-9,14-15,17H,1H3,(H,23,27)/t14-,15-,17+/m0/s1. The number of aromatic nitrogens is 1. The molecule has 2 aliphatic heterocycles. The molecule has 2 amide bonds. The summed E-state index contributed by atoms with van der Waals surface area (Å²) < 4.78 is 13.5. The van der Waals surface area contributed by atoms with Crippen LogP contribution in [0.15, 0.2) is 58.4 Å². The molecule has 5 rings (SSSR count). The predicted octanol–water partition coefficient (Wildman–Crippen LogP) is 3.68. The van der Waals surface area contributed by atoms with Gasteiger partial charge in [0.2, 0.25) is 11.8 Å². The SMILES string of the molecule is Cc1ccc(N2C(=O)[C@H]3[C@H](c4ccc(F)cc4)c4sc(=O)[nH]c4S[C@H]3C2=O)cc1. The maximum absolute atomic E-state index is 13.5. The fourth-order valence-electron chi connectivity index (χ4n) is 3.99. The Morgan fingerprint density at radius 3 is 2.34 bits per heavy atom. The van der Waals surface area contributed by atoms with Crippen molar-refractivity contribution in [3.63, 3.8) is 0 Å². The summed E-state index contributed by atoms with van der Waals surface area (Å²) in [5.74, 6) is -2.10. The smallest absolute Gasteiger partial charge is 0.305 e. The van der Waals surface area contributed by atoms with Crippen molar-refractivity contribution in [2.45, 2.75) is 23.1 Å². The van der Waals surface area contributed by atoms with Crippen LogP contribution in [0, 0.1) is 18.7 Å². The lowest BCUT2D eigenvalue weighted by molar-refractivity contribution is -0.122. The molecule has 1 fully saturated rings. The zero-order chi connectivity index (χ0) is 20.3. The third-order valence-corrected chi connectivity index (χ3v) is 7.75. The van der Waals surface area contributed by atoms with E-state index in [9.17, 15) is 18.8 Å². The monoisotopic (exact) mass is 426 g/mol. The number of amides is 2. The Hall–Kier alpha value is -2.71. The minimum atomic E-state index is -0.654. The van der Waals surface area contributed by atoms with E-state index in [4.69, 9.17) is 0 Å². The van der Waals surface area contributed by atoms with Crippen LogP contribution in [0.5, 0.6) is 0 Å². The maximum atomic E-state index is 13.5. The molecule has 0 unspecified atom stereocenters. The summed E-state index contributed by atoms with van der Waals surface area (Å²) in [6.07, 6.45) is 0. The first kappa shape index (κ1) is 18.3. The highest BCUT2D eigenvalue weighted by atomic mass is 32.2. The largest absolute Gasteiger partial charge is 0.307 e. The van der Waals surface area contributed by atoms with E-state index in [0.717, 1.165) is 21.8 Å². The van der Waals surface area contributed by atoms with E-state index < -0.39 is 17.1 Å². The number of thiazole rings is 1. The van der Waals surface area contributed by atoms with Crippen molar-refractivity contribution in [3.8, 4) is 0 Å². The van der Waals surface area contributed by atoms with Gasteiger partial charge in [0.15, 0.2) is 0 Å². The molecular weight excluding hydrogens is 411 g/mol. The van der Waals surface area contributed by atoms with E-state index in [2.05, 4.69) is 4.98 Å². The molecule has 8 heteroatoms. The molecular formula is C21H15FN2O3S2. The third-order valence-electron chi connectivity index (χ3n) is 5.35. The average molecular weight is 426 g/mol. The van der Waals surface area contributed by atoms with Gasteiger partial charge in [0.1, 0.15) is 11.1 Å². The second-order valence-corrected chi connectivity index (χ2v) is 9.32. The highest BCUT2D eigenvalue weighted by Crippen LogP contribution is 2.53. The van der Waals surface area contributed by atoms with Gasteiger partial charge in [-0.1, -0.05) is 52.9 Å². The quantitative estimate of drug-likeness (QED) is 0.635. The van der Waals surface area contributed by atoms with Gasteiger partial charge in [-0.3, -0.25) is 14.4 Å². The number of anilines is 1. The summed E-state index contributed by atoms with van der Waals surface area (Å²) in [5.41, 5.74) is 2.28. The second-order valence-electron chi connectivity index (χ2n) is 7.15. The lowest BCUT2D eigenvalue weighted by Gasteiger charge is -2.29. The van der Waals surface area contributed by atoms with E-state index in [0.29, 0.717) is 16.3 Å². The number of aryl methyl sites for hydroxylation is 1. The van der Waals surface area contributed by atoms with E-state index in [1.807, 2.05) is 19.1 Å². The van der Waals surface area contributed by atoms with E-state index in [-0.39, 0.29) is 22.5 Å². The molecule has 29 heavy (non-hydrogen) atoms. The van der Waals surface area contributed by atoms with Crippen LogP contribution in [0.2, 0.25) is 0 Å². The van der Waals surface area contributed by atoms with Crippen molar-refractivity contribution in [2.75, 3.05) is 4.90 Å². The number of carbonyl (C=O) groups is 2. The van der Waals surface area contributed by atoms with Gasteiger partial charge in [-0.05, 0) is 36.8 Å². The molecule has 0 saturated carbocycles. The van der Waals surface area contributed by atoms with Crippen LogP contribution < -0.4 is 9.77 Å². The number of nitrogens with one attached hydrogen (secondary N) is 1. The molecule has 3 heterocycles. The number of thioether (sulfide) groups is 1. The van der Waals surface area contributed by atoms with Crippen LogP contribution in [-0.4, -0.2) is 22.0 Å². The molecule has 3 aromatic rings. The molecule has 1 saturated heterocycles. The van der Waals surface area contributed by atoms with Crippen molar-refractivity contribution >= 4 is 40.6 Å². The van der Waals surface area contributed by atoms with Crippen molar-refractivity contribution in [1.82, 2.24) is 4.98 Å². The van der Waals surface area contributed by atoms with Crippen LogP contribution >= 0.6 is 23.1 Å². The van der Waals surface area contributed by atoms with E-state index in [1.54, 1.807) is 24.3 Å². The van der Waals surface area contributed by atoms with Gasteiger partial charge in [0, 0.05) is 10.8 Å². The highest BCUT2D eigenvalue weighted by Gasteiger charge is 2.56. The van der Waals surface area contributed by atoms with Crippen molar-refractivity contribution in [3.05, 3.63) is 80.0 Å². The molecule has 146 valence electrons. The molecule has 5 nitrogen and oxygen atoms in total. The number of H-pyrrole nitrogens is 1. The number of fused-ring (bicyclic) bond motifs is 2. The molecule has 0 aliphatic carbocycles. The van der Waals surface area contributed by atoms with Crippen molar-refractivity contribution in [1.29, 1.82) is 0 Å². The molecule has 3 atom stereocenters. The zero-order valence-electron chi connectivity index (χ0n) is 15.2. The molecule has 0 spiro atoms. The van der Waals surface area contributed by atoms with Crippen molar-refractivity contribution in [2.24, 2.45) is 5.92 Å². The Labute approximate surface area is 173 Å². The summed E-state index contributed by atoms with van der Waals surface area (Å²) in [6, 6.07) is 13.1. The van der Waals surface area contributed by atoms with Gasteiger partial charge in [0.05, 0.1) is 16.6 Å². The average Bonchev–Trinajstić information content (AvgIpc) is 3.19. The second kappa shape index (κ2) is 6.67. The summed E-state index contributed by atoms with van der Waals surface area (Å²) in [5, 5.41) is -0.0286. The first-order chi connectivity index (χ1) is 13.9. The van der Waals surface area contributed by atoms with Gasteiger partial charge in [-0.25, -0.2) is 9.29 Å². The summed E-state index contributed by atoms with van der Waals surface area (Å²) >= 11 is 2.27. The summed E-state index contributed by atoms with van der Waals surface area (Å²) in [4.78, 5) is 43.2. The Bertz CT molecular complexity index is 1180. The number of imide groups is 1. The minimum Gasteiger partial charge on any atom is -0.307 e. The number of hydrogen-bond donors (Lipinski definition) is 1. The summed E-state index contributed by atoms with van der Waals surface area (Å²) in [6.45, 7) is 1.94. The Kier molecular flexibility index (Phi) is 4.22. The van der Waals surface area contributed by atoms with E-state index >= 15 is 0 Å². The number of hydrogen-bond acceptors (Lipinski definition) is 5. The highest BCUT2D eigenvalue weighted by molar-refractivity contribution is 8.00. The van der Waals surface area contributed by atoms with Crippen LogP contribution in [0.1, 0.15) is 21.9 Å². The Balaban J connectivity index is 1.64. The van der Waals surface area contributed by atoms with Gasteiger partial charge in [-0.15, -0.1) is 0 Å². The maximum Gasteiger partial charge on any atom is 0.305 e. The van der Waals surface area contributed by atoms with Crippen LogP contribution in [0.25, 0.3) is 0 Å². The number of halogens is 1. The van der Waals surface area contributed by atoms with Crippen LogP contribution in [0.4, 0.5) is 10.1 Å². The fourth-order valence-corrected chi connectivity index (χ4v) is 6.51. The first-order valence-corrected chi connectivity index (χ1v) is 10.7. The topological polar surface area (TPSA) is 70.2 Å². The van der Waals surface area contributed by atoms with E-state index in [1.165, 1.54) is 28.8 Å². The molecule has 1 N–H and O–H groups in total. The molecule has 0 radical (unpaired) electrons. The first-order valence-electron chi connectivity index (χ1n) is 9.03. The lowest BCUT2D eigenvalue weighted by atomic mass is 9.83.